The molecule has 1 aromatic rings. The Kier molecular flexibility index (Phi) is 2.96. The summed E-state index contributed by atoms with van der Waals surface area (Å²) in [5.41, 5.74) is 9.27. The molecule has 1 aromatic carbocycles. The van der Waals surface area contributed by atoms with Crippen molar-refractivity contribution in [1.29, 1.82) is 0 Å². The van der Waals surface area contributed by atoms with Crippen LogP contribution >= 0.6 is 0 Å². The van der Waals surface area contributed by atoms with E-state index < -0.39 is 5.97 Å². The largest absolute Gasteiger partial charge is 0.478 e. The van der Waals surface area contributed by atoms with Gasteiger partial charge in [-0.2, -0.15) is 0 Å². The van der Waals surface area contributed by atoms with Gasteiger partial charge in [0.15, 0.2) is 0 Å². The van der Waals surface area contributed by atoms with Crippen LogP contribution < -0.4 is 5.73 Å². The first-order valence-electron chi connectivity index (χ1n) is 6.08. The number of hydrogen-bond donors (Lipinski definition) is 2. The third-order valence-electron chi connectivity index (χ3n) is 3.97. The lowest BCUT2D eigenvalue weighted by molar-refractivity contribution is 0.0696. The zero-order valence-corrected chi connectivity index (χ0v) is 10.4. The number of carbonyl (C=O) groups is 1. The Hall–Kier alpha value is -1.35. The average Bonchev–Trinajstić information content (AvgIpc) is 2.69. The highest BCUT2D eigenvalue weighted by Crippen LogP contribution is 2.37. The topological polar surface area (TPSA) is 63.3 Å². The van der Waals surface area contributed by atoms with Crippen molar-refractivity contribution >= 4 is 5.97 Å². The molecule has 1 aliphatic carbocycles. The molecule has 2 rings (SSSR count). The van der Waals surface area contributed by atoms with E-state index in [4.69, 9.17) is 5.73 Å². The summed E-state index contributed by atoms with van der Waals surface area (Å²) in [6, 6.07) is 3.81. The van der Waals surface area contributed by atoms with Gasteiger partial charge in [0.25, 0.3) is 0 Å². The van der Waals surface area contributed by atoms with Crippen LogP contribution in [0, 0.1) is 13.8 Å². The molecule has 0 amide bonds. The molecule has 0 bridgehead atoms. The summed E-state index contributed by atoms with van der Waals surface area (Å²) in [4.78, 5) is 11.2. The predicted molar refractivity (Wildman–Crippen MR) is 67.2 cm³/mol. The highest BCUT2D eigenvalue weighted by molar-refractivity contribution is 5.90. The minimum atomic E-state index is -0.867. The molecule has 0 radical (unpaired) electrons. The third-order valence-corrected chi connectivity index (χ3v) is 3.97. The molecule has 0 atom stereocenters. The Balaban J connectivity index is 2.52. The van der Waals surface area contributed by atoms with Crippen LogP contribution in [0.3, 0.4) is 0 Å². The average molecular weight is 233 g/mol. The van der Waals surface area contributed by atoms with E-state index in [0.717, 1.165) is 42.4 Å². The van der Waals surface area contributed by atoms with E-state index in [2.05, 4.69) is 0 Å². The maximum Gasteiger partial charge on any atom is 0.335 e. The van der Waals surface area contributed by atoms with Gasteiger partial charge in [0, 0.05) is 5.54 Å². The molecular formula is C14H19NO2. The SMILES string of the molecule is Cc1cc(C2(N)CCCC2)cc(C(=O)O)c1C. The normalized spacial score (nSPS) is 18.3. The molecule has 1 saturated carbocycles. The second-order valence-electron chi connectivity index (χ2n) is 5.13. The van der Waals surface area contributed by atoms with Crippen molar-refractivity contribution in [3.05, 3.63) is 34.4 Å². The Morgan fingerprint density at radius 2 is 1.88 bits per heavy atom. The molecule has 0 aromatic heterocycles. The van der Waals surface area contributed by atoms with E-state index in [0.29, 0.717) is 5.56 Å². The van der Waals surface area contributed by atoms with E-state index in [9.17, 15) is 9.90 Å². The van der Waals surface area contributed by atoms with Gasteiger partial charge in [-0.3, -0.25) is 0 Å². The quantitative estimate of drug-likeness (QED) is 0.825. The van der Waals surface area contributed by atoms with Crippen molar-refractivity contribution in [2.45, 2.75) is 45.1 Å². The molecule has 3 nitrogen and oxygen atoms in total. The van der Waals surface area contributed by atoms with Crippen LogP contribution in [0.2, 0.25) is 0 Å². The molecule has 1 fully saturated rings. The minimum absolute atomic E-state index is 0.317. The fraction of sp³-hybridized carbons (Fsp3) is 0.500. The van der Waals surface area contributed by atoms with E-state index in [1.807, 2.05) is 19.9 Å². The monoisotopic (exact) mass is 233 g/mol. The van der Waals surface area contributed by atoms with Crippen LogP contribution in [0.5, 0.6) is 0 Å². The first-order chi connectivity index (χ1) is 7.94. The maximum atomic E-state index is 11.2. The summed E-state index contributed by atoms with van der Waals surface area (Å²) >= 11 is 0. The molecule has 0 spiro atoms. The molecule has 1 aliphatic rings. The van der Waals surface area contributed by atoms with Crippen molar-refractivity contribution in [1.82, 2.24) is 0 Å². The van der Waals surface area contributed by atoms with E-state index in [1.165, 1.54) is 0 Å². The Bertz CT molecular complexity index is 460. The smallest absolute Gasteiger partial charge is 0.335 e. The van der Waals surface area contributed by atoms with Gasteiger partial charge in [0.05, 0.1) is 5.56 Å². The summed E-state index contributed by atoms with van der Waals surface area (Å²) in [6.45, 7) is 3.80. The number of carboxylic acids is 1. The minimum Gasteiger partial charge on any atom is -0.478 e. The summed E-state index contributed by atoms with van der Waals surface area (Å²) < 4.78 is 0. The van der Waals surface area contributed by atoms with Crippen LogP contribution in [0.4, 0.5) is 0 Å². The van der Waals surface area contributed by atoms with Crippen molar-refractivity contribution in [3.63, 3.8) is 0 Å². The van der Waals surface area contributed by atoms with Gasteiger partial charge in [0.2, 0.25) is 0 Å². The molecular weight excluding hydrogens is 214 g/mol. The standard InChI is InChI=1S/C14H19NO2/c1-9-7-11(14(15)5-3-4-6-14)8-12(10(9)2)13(16)17/h7-8H,3-6,15H2,1-2H3,(H,16,17). The van der Waals surface area contributed by atoms with Gasteiger partial charge >= 0.3 is 5.97 Å². The predicted octanol–water partition coefficient (Wildman–Crippen LogP) is 2.73. The number of benzene rings is 1. The Morgan fingerprint density at radius 1 is 1.29 bits per heavy atom. The number of nitrogens with two attached hydrogens (primary N) is 1. The number of aromatic carboxylic acids is 1. The fourth-order valence-corrected chi connectivity index (χ4v) is 2.66. The highest BCUT2D eigenvalue weighted by atomic mass is 16.4. The first-order valence-corrected chi connectivity index (χ1v) is 6.08. The van der Waals surface area contributed by atoms with Crippen molar-refractivity contribution in [3.8, 4) is 0 Å². The van der Waals surface area contributed by atoms with E-state index in [1.54, 1.807) is 6.07 Å². The van der Waals surface area contributed by atoms with Gasteiger partial charge in [-0.15, -0.1) is 0 Å². The van der Waals surface area contributed by atoms with Gasteiger partial charge in [-0.25, -0.2) is 4.79 Å². The number of rotatable bonds is 2. The Labute approximate surface area is 102 Å². The summed E-state index contributed by atoms with van der Waals surface area (Å²) in [6.07, 6.45) is 4.17. The lowest BCUT2D eigenvalue weighted by Gasteiger charge is -2.25. The molecule has 0 saturated heterocycles. The van der Waals surface area contributed by atoms with Crippen LogP contribution in [-0.4, -0.2) is 11.1 Å². The molecule has 0 unspecified atom stereocenters. The van der Waals surface area contributed by atoms with Crippen molar-refractivity contribution < 1.29 is 9.90 Å². The molecule has 17 heavy (non-hydrogen) atoms. The van der Waals surface area contributed by atoms with Crippen LogP contribution in [0.25, 0.3) is 0 Å². The molecule has 3 heteroatoms. The van der Waals surface area contributed by atoms with Crippen LogP contribution in [-0.2, 0) is 5.54 Å². The summed E-state index contributed by atoms with van der Waals surface area (Å²) in [7, 11) is 0. The lowest BCUT2D eigenvalue weighted by Crippen LogP contribution is -2.33. The third kappa shape index (κ3) is 2.07. The number of aryl methyl sites for hydroxylation is 1. The van der Waals surface area contributed by atoms with E-state index in [-0.39, 0.29) is 5.54 Å². The van der Waals surface area contributed by atoms with Gasteiger partial charge in [0.1, 0.15) is 0 Å². The van der Waals surface area contributed by atoms with Crippen molar-refractivity contribution in [2.75, 3.05) is 0 Å². The zero-order chi connectivity index (χ0) is 12.6. The highest BCUT2D eigenvalue weighted by Gasteiger charge is 2.32. The molecule has 0 heterocycles. The van der Waals surface area contributed by atoms with E-state index >= 15 is 0 Å². The zero-order valence-electron chi connectivity index (χ0n) is 10.4. The summed E-state index contributed by atoms with van der Waals surface area (Å²) in [5, 5.41) is 9.20. The number of carboxylic acid groups (broad SMARTS) is 1. The molecule has 0 aliphatic heterocycles. The lowest BCUT2D eigenvalue weighted by atomic mass is 9.85. The van der Waals surface area contributed by atoms with Crippen LogP contribution in [0.15, 0.2) is 12.1 Å². The Morgan fingerprint density at radius 3 is 2.41 bits per heavy atom. The molecule has 92 valence electrons. The van der Waals surface area contributed by atoms with Gasteiger partial charge in [-0.05, 0) is 49.4 Å². The van der Waals surface area contributed by atoms with Gasteiger partial charge in [-0.1, -0.05) is 18.9 Å². The molecule has 3 N–H and O–H groups in total. The second kappa shape index (κ2) is 4.15. The van der Waals surface area contributed by atoms with Crippen molar-refractivity contribution in [2.24, 2.45) is 5.73 Å². The fourth-order valence-electron chi connectivity index (χ4n) is 2.66. The van der Waals surface area contributed by atoms with Gasteiger partial charge < -0.3 is 10.8 Å². The first kappa shape index (κ1) is 12.1. The maximum absolute atomic E-state index is 11.2. The van der Waals surface area contributed by atoms with Crippen LogP contribution in [0.1, 0.15) is 52.7 Å². The second-order valence-corrected chi connectivity index (χ2v) is 5.13. The summed E-state index contributed by atoms with van der Waals surface area (Å²) in [5.74, 6) is -0.867. The number of hydrogen-bond acceptors (Lipinski definition) is 2.